The summed E-state index contributed by atoms with van der Waals surface area (Å²) in [6.45, 7) is 0. The van der Waals surface area contributed by atoms with Gasteiger partial charge in [0.15, 0.2) is 0 Å². The molecule has 0 aliphatic rings. The van der Waals surface area contributed by atoms with Crippen LogP contribution in [0.15, 0.2) is 12.3 Å². The topological polar surface area (TPSA) is 43.8 Å². The zero-order valence-electron chi connectivity index (χ0n) is 4.53. The van der Waals surface area contributed by atoms with E-state index in [-0.39, 0.29) is 0 Å². The number of hydrogen-bond acceptors (Lipinski definition) is 3. The van der Waals surface area contributed by atoms with Crippen molar-refractivity contribution in [2.75, 3.05) is 12.0 Å². The summed E-state index contributed by atoms with van der Waals surface area (Å²) >= 11 is 1.52. The standard InChI is InChI=1S/C4H7N3S/c1-8-7-3-2-4(5)6-7/h2-3H,1H3,(H2,5,6). The van der Waals surface area contributed by atoms with Crippen molar-refractivity contribution in [1.29, 1.82) is 0 Å². The zero-order valence-corrected chi connectivity index (χ0v) is 5.35. The maximum atomic E-state index is 5.31. The number of rotatable bonds is 1. The second-order valence-corrected chi connectivity index (χ2v) is 2.06. The molecule has 8 heavy (non-hydrogen) atoms. The molecular formula is C4H7N3S. The Kier molecular flexibility index (Phi) is 1.43. The molecule has 0 radical (unpaired) electrons. The fourth-order valence-electron chi connectivity index (χ4n) is 0.422. The molecule has 0 atom stereocenters. The van der Waals surface area contributed by atoms with E-state index in [0.717, 1.165) is 0 Å². The molecule has 0 fully saturated rings. The van der Waals surface area contributed by atoms with Gasteiger partial charge in [0.2, 0.25) is 0 Å². The summed E-state index contributed by atoms with van der Waals surface area (Å²) in [6.07, 6.45) is 3.76. The molecule has 1 aromatic rings. The van der Waals surface area contributed by atoms with Gasteiger partial charge in [0.05, 0.1) is 0 Å². The Morgan fingerprint density at radius 1 is 1.88 bits per heavy atom. The van der Waals surface area contributed by atoms with Gasteiger partial charge in [-0.25, -0.2) is 4.09 Å². The molecule has 2 N–H and O–H groups in total. The van der Waals surface area contributed by atoms with Crippen molar-refractivity contribution in [1.82, 2.24) is 9.19 Å². The molecular weight excluding hydrogens is 122 g/mol. The molecule has 0 amide bonds. The third-order valence-corrected chi connectivity index (χ3v) is 1.35. The summed E-state index contributed by atoms with van der Waals surface area (Å²) in [7, 11) is 0. The number of hydrogen-bond donors (Lipinski definition) is 1. The summed E-state index contributed by atoms with van der Waals surface area (Å²) in [4.78, 5) is 0. The van der Waals surface area contributed by atoms with Crippen LogP contribution in [0.2, 0.25) is 0 Å². The molecule has 1 rings (SSSR count). The molecule has 0 aliphatic heterocycles. The van der Waals surface area contributed by atoms with Crippen LogP contribution < -0.4 is 5.73 Å². The van der Waals surface area contributed by atoms with Crippen LogP contribution in [-0.4, -0.2) is 15.4 Å². The number of nitrogens with zero attached hydrogens (tertiary/aromatic N) is 2. The summed E-state index contributed by atoms with van der Waals surface area (Å²) in [6, 6.07) is 1.76. The number of aromatic nitrogens is 2. The zero-order chi connectivity index (χ0) is 5.98. The molecule has 0 unspecified atom stereocenters. The Balaban J connectivity index is 2.84. The summed E-state index contributed by atoms with van der Waals surface area (Å²) in [5, 5.41) is 3.89. The highest BCUT2D eigenvalue weighted by molar-refractivity contribution is 7.97. The van der Waals surface area contributed by atoms with Crippen LogP contribution in [0, 0.1) is 0 Å². The first kappa shape index (κ1) is 5.50. The predicted octanol–water partition coefficient (Wildman–Crippen LogP) is 0.591. The number of anilines is 1. The third kappa shape index (κ3) is 0.949. The molecule has 0 spiro atoms. The fourth-order valence-corrected chi connectivity index (χ4v) is 0.781. The highest BCUT2D eigenvalue weighted by Gasteiger charge is 1.87. The third-order valence-electron chi connectivity index (χ3n) is 0.774. The van der Waals surface area contributed by atoms with Crippen molar-refractivity contribution in [2.45, 2.75) is 0 Å². The van der Waals surface area contributed by atoms with E-state index >= 15 is 0 Å². The molecule has 1 aromatic heterocycles. The second-order valence-electron chi connectivity index (χ2n) is 1.33. The van der Waals surface area contributed by atoms with E-state index in [1.807, 2.05) is 12.5 Å². The molecule has 1 heterocycles. The molecule has 3 nitrogen and oxygen atoms in total. The minimum atomic E-state index is 0.569. The van der Waals surface area contributed by atoms with Gasteiger partial charge in [-0.2, -0.15) is 0 Å². The van der Waals surface area contributed by atoms with Gasteiger partial charge in [0.1, 0.15) is 5.82 Å². The van der Waals surface area contributed by atoms with Gasteiger partial charge in [-0.3, -0.25) is 0 Å². The average molecular weight is 129 g/mol. The van der Waals surface area contributed by atoms with Gasteiger partial charge in [-0.1, -0.05) is 0 Å². The molecule has 4 heteroatoms. The molecule has 0 saturated heterocycles. The quantitative estimate of drug-likeness (QED) is 0.603. The highest BCUT2D eigenvalue weighted by atomic mass is 32.2. The van der Waals surface area contributed by atoms with Gasteiger partial charge in [-0.15, -0.1) is 5.10 Å². The minimum absolute atomic E-state index is 0.569. The monoisotopic (exact) mass is 129 g/mol. The largest absolute Gasteiger partial charge is 0.382 e. The SMILES string of the molecule is CSn1ccc(N)n1. The van der Waals surface area contributed by atoms with Gasteiger partial charge in [-0.05, 0) is 11.9 Å². The van der Waals surface area contributed by atoms with E-state index in [9.17, 15) is 0 Å². The average Bonchev–Trinajstić information content (AvgIpc) is 2.14. The van der Waals surface area contributed by atoms with Crippen LogP contribution in [0.1, 0.15) is 0 Å². The van der Waals surface area contributed by atoms with Crippen LogP contribution in [0.4, 0.5) is 5.82 Å². The Labute approximate surface area is 52.0 Å². The van der Waals surface area contributed by atoms with Crippen LogP contribution in [0.25, 0.3) is 0 Å². The maximum Gasteiger partial charge on any atom is 0.146 e. The molecule has 0 saturated carbocycles. The van der Waals surface area contributed by atoms with Crippen LogP contribution in [0.3, 0.4) is 0 Å². The lowest BCUT2D eigenvalue weighted by Crippen LogP contribution is -1.88. The summed E-state index contributed by atoms with van der Waals surface area (Å²) < 4.78 is 1.70. The smallest absolute Gasteiger partial charge is 0.146 e. The predicted molar refractivity (Wildman–Crippen MR) is 35.6 cm³/mol. The highest BCUT2D eigenvalue weighted by Crippen LogP contribution is 2.01. The Bertz CT molecular complexity index is 172. The Morgan fingerprint density at radius 2 is 2.62 bits per heavy atom. The van der Waals surface area contributed by atoms with Crippen molar-refractivity contribution in [3.63, 3.8) is 0 Å². The first-order valence-corrected chi connectivity index (χ1v) is 3.36. The van der Waals surface area contributed by atoms with E-state index in [1.54, 1.807) is 10.2 Å². The Hall–Kier alpha value is -0.640. The Morgan fingerprint density at radius 3 is 2.88 bits per heavy atom. The van der Waals surface area contributed by atoms with E-state index in [0.29, 0.717) is 5.82 Å². The molecule has 0 bridgehead atoms. The van der Waals surface area contributed by atoms with Crippen molar-refractivity contribution >= 4 is 17.8 Å². The molecule has 44 valence electrons. The van der Waals surface area contributed by atoms with E-state index in [2.05, 4.69) is 5.10 Å². The van der Waals surface area contributed by atoms with Crippen LogP contribution in [-0.2, 0) is 0 Å². The van der Waals surface area contributed by atoms with E-state index in [1.165, 1.54) is 11.9 Å². The molecule has 0 aliphatic carbocycles. The minimum Gasteiger partial charge on any atom is -0.382 e. The summed E-state index contributed by atoms with van der Waals surface area (Å²) in [5.74, 6) is 0.569. The summed E-state index contributed by atoms with van der Waals surface area (Å²) in [5.41, 5.74) is 5.31. The van der Waals surface area contributed by atoms with Gasteiger partial charge < -0.3 is 5.73 Å². The van der Waals surface area contributed by atoms with Crippen LogP contribution in [0.5, 0.6) is 0 Å². The normalized spacial score (nSPS) is 9.62. The van der Waals surface area contributed by atoms with Crippen molar-refractivity contribution in [3.05, 3.63) is 12.3 Å². The van der Waals surface area contributed by atoms with E-state index in [4.69, 9.17) is 5.73 Å². The van der Waals surface area contributed by atoms with Crippen molar-refractivity contribution < 1.29 is 0 Å². The fraction of sp³-hybridized carbons (Fsp3) is 0.250. The lowest BCUT2D eigenvalue weighted by atomic mass is 10.7. The van der Waals surface area contributed by atoms with Crippen molar-refractivity contribution in [3.8, 4) is 0 Å². The number of nitrogen functional groups attached to an aromatic ring is 1. The second kappa shape index (κ2) is 2.09. The van der Waals surface area contributed by atoms with Gasteiger partial charge >= 0.3 is 0 Å². The van der Waals surface area contributed by atoms with E-state index < -0.39 is 0 Å². The van der Waals surface area contributed by atoms with Crippen LogP contribution >= 0.6 is 11.9 Å². The first-order chi connectivity index (χ1) is 3.83. The maximum absolute atomic E-state index is 5.31. The van der Waals surface area contributed by atoms with Gasteiger partial charge in [0, 0.05) is 18.5 Å². The molecule has 0 aromatic carbocycles. The number of nitrogens with two attached hydrogens (primary N) is 1. The van der Waals surface area contributed by atoms with Gasteiger partial charge in [0.25, 0.3) is 0 Å². The first-order valence-electron chi connectivity index (χ1n) is 2.18. The van der Waals surface area contributed by atoms with Crippen molar-refractivity contribution in [2.24, 2.45) is 0 Å². The lowest BCUT2D eigenvalue weighted by molar-refractivity contribution is 1.02. The lowest BCUT2D eigenvalue weighted by Gasteiger charge is -1.87.